The highest BCUT2D eigenvalue weighted by Crippen LogP contribution is 2.52. The van der Waals surface area contributed by atoms with E-state index in [1.54, 1.807) is 0 Å². The van der Waals surface area contributed by atoms with Gasteiger partial charge in [-0.3, -0.25) is 0 Å². The third-order valence-electron chi connectivity index (χ3n) is 14.4. The predicted octanol–water partition coefficient (Wildman–Crippen LogP) is 19.0. The van der Waals surface area contributed by atoms with Crippen molar-refractivity contribution in [2.75, 3.05) is 14.7 Å². The van der Waals surface area contributed by atoms with Crippen molar-refractivity contribution in [3.05, 3.63) is 260 Å². The number of hydrogen-bond donors (Lipinski definition) is 0. The first-order chi connectivity index (χ1) is 34.7. The molecule has 2 aliphatic rings. The van der Waals surface area contributed by atoms with E-state index in [2.05, 4.69) is 263 Å². The molecule has 0 fully saturated rings. The molecule has 0 spiro atoms. The summed E-state index contributed by atoms with van der Waals surface area (Å²) in [6, 6.07) is 91.5. The van der Waals surface area contributed by atoms with E-state index in [1.807, 2.05) is 11.3 Å². The van der Waals surface area contributed by atoms with Gasteiger partial charge in [0.05, 0.1) is 5.69 Å². The summed E-state index contributed by atoms with van der Waals surface area (Å²) in [5, 5.41) is 5.20. The Balaban J connectivity index is 0.842. The Morgan fingerprint density at radius 2 is 0.686 bits per heavy atom. The van der Waals surface area contributed by atoms with Crippen LogP contribution in [-0.2, 0) is 12.8 Å². The van der Waals surface area contributed by atoms with Gasteiger partial charge in [-0.1, -0.05) is 146 Å². The summed E-state index contributed by atoms with van der Waals surface area (Å²) >= 11 is 1.86. The second kappa shape index (κ2) is 16.5. The zero-order valence-electron chi connectivity index (χ0n) is 38.3. The number of thiophene rings is 1. The summed E-state index contributed by atoms with van der Waals surface area (Å²) in [6.07, 6.45) is 1.91. The molecular formula is C66H45N3S. The van der Waals surface area contributed by atoms with Crippen molar-refractivity contribution in [2.24, 2.45) is 0 Å². The lowest BCUT2D eigenvalue weighted by Crippen LogP contribution is -2.14. The number of nitrogens with zero attached hydrogens (tertiary/aromatic N) is 3. The van der Waals surface area contributed by atoms with E-state index in [0.717, 1.165) is 52.7 Å². The number of anilines is 9. The van der Waals surface area contributed by atoms with Gasteiger partial charge in [0.2, 0.25) is 0 Å². The van der Waals surface area contributed by atoms with Gasteiger partial charge in [0.25, 0.3) is 0 Å². The number of fused-ring (bicyclic) bond motifs is 9. The van der Waals surface area contributed by atoms with Crippen LogP contribution in [0.3, 0.4) is 0 Å². The molecule has 2 aliphatic carbocycles. The number of para-hydroxylation sites is 3. The van der Waals surface area contributed by atoms with Crippen LogP contribution < -0.4 is 14.7 Å². The maximum atomic E-state index is 2.46. The van der Waals surface area contributed by atoms with Crippen LogP contribution in [0.2, 0.25) is 0 Å². The van der Waals surface area contributed by atoms with E-state index >= 15 is 0 Å². The van der Waals surface area contributed by atoms with E-state index in [-0.39, 0.29) is 0 Å². The molecule has 14 rings (SSSR count). The fourth-order valence-corrected chi connectivity index (χ4v) is 12.5. The molecule has 0 saturated heterocycles. The van der Waals surface area contributed by atoms with Gasteiger partial charge < -0.3 is 14.7 Å². The fourth-order valence-electron chi connectivity index (χ4n) is 11.3. The summed E-state index contributed by atoms with van der Waals surface area (Å²) in [5.74, 6) is 0. The summed E-state index contributed by atoms with van der Waals surface area (Å²) in [7, 11) is 0. The number of rotatable bonds is 9. The zero-order chi connectivity index (χ0) is 46.1. The molecule has 0 saturated carbocycles. The minimum atomic E-state index is 0.953. The molecule has 330 valence electrons. The fraction of sp³-hybridized carbons (Fsp3) is 0.0303. The summed E-state index contributed by atoms with van der Waals surface area (Å²) in [6.45, 7) is 0. The second-order valence-electron chi connectivity index (χ2n) is 18.4. The Morgan fingerprint density at radius 1 is 0.257 bits per heavy atom. The third-order valence-corrected chi connectivity index (χ3v) is 15.6. The molecule has 4 heteroatoms. The SMILES string of the molecule is c1ccc(N(c2cccc(N(c3ccccc3)c3ccc4c(c3)sc3ccccc34)c2)c2ccc3c(c2)CCc2cc(N(c4ccccc4)c4ccc5c6c(cccc46)-c4ccccc4-5)ccc2-3)cc1. The molecular weight excluding hydrogens is 867 g/mol. The maximum absolute atomic E-state index is 2.46. The molecule has 70 heavy (non-hydrogen) atoms. The minimum absolute atomic E-state index is 0.953. The Labute approximate surface area is 412 Å². The lowest BCUT2D eigenvalue weighted by Gasteiger charge is -2.31. The molecule has 0 atom stereocenters. The van der Waals surface area contributed by atoms with E-state index in [1.165, 1.54) is 86.8 Å². The Hall–Kier alpha value is -8.70. The Bertz CT molecular complexity index is 3940. The lowest BCUT2D eigenvalue weighted by molar-refractivity contribution is 0.940. The van der Waals surface area contributed by atoms with Gasteiger partial charge in [-0.25, -0.2) is 0 Å². The van der Waals surface area contributed by atoms with Crippen molar-refractivity contribution in [1.29, 1.82) is 0 Å². The zero-order valence-corrected chi connectivity index (χ0v) is 39.2. The highest BCUT2D eigenvalue weighted by Gasteiger charge is 2.27. The van der Waals surface area contributed by atoms with Crippen molar-refractivity contribution in [3.8, 4) is 33.4 Å². The molecule has 11 aromatic carbocycles. The lowest BCUT2D eigenvalue weighted by atomic mass is 9.85. The first kappa shape index (κ1) is 40.4. The van der Waals surface area contributed by atoms with Gasteiger partial charge in [-0.2, -0.15) is 0 Å². The highest BCUT2D eigenvalue weighted by atomic mass is 32.1. The molecule has 3 nitrogen and oxygen atoms in total. The van der Waals surface area contributed by atoms with Gasteiger partial charge in [0.15, 0.2) is 0 Å². The highest BCUT2D eigenvalue weighted by molar-refractivity contribution is 7.25. The van der Waals surface area contributed by atoms with Gasteiger partial charge in [-0.15, -0.1) is 11.3 Å². The Morgan fingerprint density at radius 3 is 1.33 bits per heavy atom. The van der Waals surface area contributed by atoms with Crippen molar-refractivity contribution in [3.63, 3.8) is 0 Å². The molecule has 0 unspecified atom stereocenters. The van der Waals surface area contributed by atoms with E-state index in [0.29, 0.717) is 0 Å². The van der Waals surface area contributed by atoms with Crippen molar-refractivity contribution >= 4 is 93.5 Å². The summed E-state index contributed by atoms with van der Waals surface area (Å²) in [5.41, 5.74) is 20.8. The smallest absolute Gasteiger partial charge is 0.0540 e. The quantitative estimate of drug-likeness (QED) is 0.143. The van der Waals surface area contributed by atoms with Crippen LogP contribution in [0.4, 0.5) is 51.2 Å². The predicted molar refractivity (Wildman–Crippen MR) is 298 cm³/mol. The van der Waals surface area contributed by atoms with Crippen molar-refractivity contribution in [1.82, 2.24) is 0 Å². The summed E-state index contributed by atoms with van der Waals surface area (Å²) < 4.78 is 2.59. The number of aryl methyl sites for hydroxylation is 2. The van der Waals surface area contributed by atoms with Gasteiger partial charge >= 0.3 is 0 Å². The average molecular weight is 912 g/mol. The number of hydrogen-bond acceptors (Lipinski definition) is 4. The van der Waals surface area contributed by atoms with Crippen LogP contribution in [0.5, 0.6) is 0 Å². The molecule has 0 amide bonds. The molecule has 0 aliphatic heterocycles. The van der Waals surface area contributed by atoms with Crippen LogP contribution in [0.1, 0.15) is 11.1 Å². The van der Waals surface area contributed by atoms with Crippen LogP contribution in [0.25, 0.3) is 64.3 Å². The third kappa shape index (κ3) is 6.63. The molecule has 0 radical (unpaired) electrons. The van der Waals surface area contributed by atoms with Gasteiger partial charge in [0.1, 0.15) is 0 Å². The van der Waals surface area contributed by atoms with Gasteiger partial charge in [0, 0.05) is 71.1 Å². The van der Waals surface area contributed by atoms with E-state index in [4.69, 9.17) is 0 Å². The molecule has 1 heterocycles. The first-order valence-corrected chi connectivity index (χ1v) is 25.0. The largest absolute Gasteiger partial charge is 0.310 e. The van der Waals surface area contributed by atoms with Gasteiger partial charge in [-0.05, 0) is 166 Å². The second-order valence-corrected chi connectivity index (χ2v) is 19.5. The Kier molecular flexibility index (Phi) is 9.53. The van der Waals surface area contributed by atoms with Crippen LogP contribution in [0.15, 0.2) is 249 Å². The first-order valence-electron chi connectivity index (χ1n) is 24.2. The number of benzene rings is 11. The average Bonchev–Trinajstić information content (AvgIpc) is 3.96. The van der Waals surface area contributed by atoms with E-state index < -0.39 is 0 Å². The normalized spacial score (nSPS) is 12.2. The van der Waals surface area contributed by atoms with Crippen LogP contribution in [0, 0.1) is 0 Å². The van der Waals surface area contributed by atoms with Crippen LogP contribution in [-0.4, -0.2) is 0 Å². The molecule has 12 aromatic rings. The monoisotopic (exact) mass is 911 g/mol. The van der Waals surface area contributed by atoms with Crippen LogP contribution >= 0.6 is 11.3 Å². The standard InChI is InChI=1S/C66H45N3S/c1-4-16-46(17-5-1)67(49-22-14-23-50(42-49)68(47-18-6-2-7-19-47)53-34-37-59-58-26-12-13-29-64(58)70-65(59)43-53)51-32-35-54-44(40-51)30-31-45-41-52(33-36-55(45)54)69(48-20-8-3-9-21-48)63-39-38-61-57-25-11-10-24-56(57)60-27-15-28-62(63)66(60)61/h1-29,32-43H,30-31H2. The molecule has 0 bridgehead atoms. The topological polar surface area (TPSA) is 9.72 Å². The molecule has 0 N–H and O–H groups in total. The summed E-state index contributed by atoms with van der Waals surface area (Å²) in [4.78, 5) is 7.25. The van der Waals surface area contributed by atoms with Crippen molar-refractivity contribution in [2.45, 2.75) is 12.8 Å². The minimum Gasteiger partial charge on any atom is -0.310 e. The molecule has 1 aromatic heterocycles. The maximum Gasteiger partial charge on any atom is 0.0540 e. The van der Waals surface area contributed by atoms with Crippen molar-refractivity contribution < 1.29 is 0 Å². The van der Waals surface area contributed by atoms with E-state index in [9.17, 15) is 0 Å².